The monoisotopic (exact) mass is 370 g/mol. The molecule has 1 N–H and O–H groups in total. The lowest BCUT2D eigenvalue weighted by Crippen LogP contribution is -2.35. The molecule has 0 bridgehead atoms. The maximum absolute atomic E-state index is 12.5. The zero-order valence-electron chi connectivity index (χ0n) is 15.6. The van der Waals surface area contributed by atoms with Crippen molar-refractivity contribution in [3.63, 3.8) is 0 Å². The zero-order valence-corrected chi connectivity index (χ0v) is 15.6. The summed E-state index contributed by atoms with van der Waals surface area (Å²) in [7, 11) is 0. The van der Waals surface area contributed by atoms with E-state index in [9.17, 15) is 14.4 Å². The Kier molecular flexibility index (Phi) is 6.27. The molecule has 1 aliphatic heterocycles. The van der Waals surface area contributed by atoms with Gasteiger partial charge in [-0.2, -0.15) is 0 Å². The topological polar surface area (TPSA) is 75.7 Å². The Labute approximate surface area is 159 Å². The van der Waals surface area contributed by atoms with E-state index < -0.39 is 0 Å². The van der Waals surface area contributed by atoms with Crippen LogP contribution < -0.4 is 5.32 Å². The number of anilines is 1. The van der Waals surface area contributed by atoms with Crippen molar-refractivity contribution in [1.29, 1.82) is 0 Å². The number of amides is 2. The Hall–Kier alpha value is -2.63. The summed E-state index contributed by atoms with van der Waals surface area (Å²) in [5.41, 5.74) is 1.52. The highest BCUT2D eigenvalue weighted by molar-refractivity contribution is 5.97. The van der Waals surface area contributed by atoms with Gasteiger partial charge in [-0.1, -0.05) is 25.0 Å². The minimum absolute atomic E-state index is 0.0986. The standard InChI is InChI=1S/C21H26N2O4/c1-2-27-20(25)12-9-15-7-10-17(11-8-15)22-21(26)16-13-19(24)23(14-16)18-5-3-4-6-18/h7-12,16,18H,2-6,13-14H2,1H3,(H,22,26)/b12-9+. The summed E-state index contributed by atoms with van der Waals surface area (Å²) >= 11 is 0. The van der Waals surface area contributed by atoms with E-state index in [1.54, 1.807) is 25.1 Å². The van der Waals surface area contributed by atoms with Crippen molar-refractivity contribution in [1.82, 2.24) is 4.90 Å². The van der Waals surface area contributed by atoms with Crippen LogP contribution in [0.1, 0.15) is 44.6 Å². The number of likely N-dealkylation sites (tertiary alicyclic amines) is 1. The van der Waals surface area contributed by atoms with Crippen LogP contribution in [0, 0.1) is 5.92 Å². The fraction of sp³-hybridized carbons (Fsp3) is 0.476. The van der Waals surface area contributed by atoms with Crippen molar-refractivity contribution in [2.24, 2.45) is 5.92 Å². The van der Waals surface area contributed by atoms with Crippen LogP contribution >= 0.6 is 0 Å². The first-order valence-electron chi connectivity index (χ1n) is 9.62. The van der Waals surface area contributed by atoms with Crippen molar-refractivity contribution in [3.8, 4) is 0 Å². The molecule has 0 radical (unpaired) electrons. The van der Waals surface area contributed by atoms with Gasteiger partial charge < -0.3 is 15.0 Å². The van der Waals surface area contributed by atoms with Gasteiger partial charge in [0.15, 0.2) is 0 Å². The molecule has 3 rings (SSSR count). The minimum Gasteiger partial charge on any atom is -0.463 e. The summed E-state index contributed by atoms with van der Waals surface area (Å²) in [6.45, 7) is 2.62. The highest BCUT2D eigenvalue weighted by Crippen LogP contribution is 2.30. The van der Waals surface area contributed by atoms with Crippen LogP contribution in [0.15, 0.2) is 30.3 Å². The minimum atomic E-state index is -0.382. The Morgan fingerprint density at radius 3 is 2.59 bits per heavy atom. The van der Waals surface area contributed by atoms with E-state index >= 15 is 0 Å². The van der Waals surface area contributed by atoms with Crippen molar-refractivity contribution >= 4 is 29.5 Å². The molecule has 1 atom stereocenters. The maximum Gasteiger partial charge on any atom is 0.330 e. The van der Waals surface area contributed by atoms with Gasteiger partial charge >= 0.3 is 5.97 Å². The number of esters is 1. The second kappa shape index (κ2) is 8.84. The van der Waals surface area contributed by atoms with Crippen molar-refractivity contribution in [2.45, 2.75) is 45.1 Å². The van der Waals surface area contributed by atoms with Crippen LogP contribution in [-0.4, -0.2) is 41.9 Å². The van der Waals surface area contributed by atoms with Gasteiger partial charge in [0.05, 0.1) is 12.5 Å². The van der Waals surface area contributed by atoms with E-state index in [0.29, 0.717) is 31.3 Å². The molecule has 1 aromatic carbocycles. The Morgan fingerprint density at radius 1 is 1.22 bits per heavy atom. The second-order valence-corrected chi connectivity index (χ2v) is 7.08. The van der Waals surface area contributed by atoms with E-state index in [1.165, 1.54) is 18.9 Å². The van der Waals surface area contributed by atoms with Crippen LogP contribution in [0.25, 0.3) is 6.08 Å². The van der Waals surface area contributed by atoms with Gasteiger partial charge in [0.1, 0.15) is 0 Å². The number of nitrogens with one attached hydrogen (secondary N) is 1. The summed E-state index contributed by atoms with van der Waals surface area (Å²) in [5, 5.41) is 2.89. The van der Waals surface area contributed by atoms with Crippen molar-refractivity contribution in [2.75, 3.05) is 18.5 Å². The van der Waals surface area contributed by atoms with E-state index in [2.05, 4.69) is 5.32 Å². The molecule has 0 aromatic heterocycles. The number of nitrogens with zero attached hydrogens (tertiary/aromatic N) is 1. The first kappa shape index (κ1) is 19.1. The summed E-state index contributed by atoms with van der Waals surface area (Å²) in [6.07, 6.45) is 7.78. The third-order valence-electron chi connectivity index (χ3n) is 5.17. The third kappa shape index (κ3) is 4.96. The van der Waals surface area contributed by atoms with Crippen LogP contribution in [0.4, 0.5) is 5.69 Å². The normalized spacial score (nSPS) is 20.4. The molecule has 2 fully saturated rings. The third-order valence-corrected chi connectivity index (χ3v) is 5.17. The van der Waals surface area contributed by atoms with Crippen LogP contribution in [0.2, 0.25) is 0 Å². The predicted octanol–water partition coefficient (Wildman–Crippen LogP) is 2.99. The predicted molar refractivity (Wildman–Crippen MR) is 103 cm³/mol. The van der Waals surface area contributed by atoms with Crippen LogP contribution in [-0.2, 0) is 19.1 Å². The molecule has 1 aromatic rings. The lowest BCUT2D eigenvalue weighted by atomic mass is 10.1. The lowest BCUT2D eigenvalue weighted by Gasteiger charge is -2.23. The second-order valence-electron chi connectivity index (χ2n) is 7.08. The number of carbonyl (C=O) groups is 3. The number of hydrogen-bond acceptors (Lipinski definition) is 4. The number of ether oxygens (including phenoxy) is 1. The van der Waals surface area contributed by atoms with E-state index in [0.717, 1.165) is 18.4 Å². The molecule has 1 heterocycles. The molecule has 1 aliphatic carbocycles. The Balaban J connectivity index is 1.53. The molecule has 2 amide bonds. The molecule has 0 spiro atoms. The van der Waals surface area contributed by atoms with Crippen LogP contribution in [0.3, 0.4) is 0 Å². The Bertz CT molecular complexity index is 720. The Morgan fingerprint density at radius 2 is 1.93 bits per heavy atom. The van der Waals surface area contributed by atoms with Crippen molar-refractivity contribution < 1.29 is 19.1 Å². The number of carbonyl (C=O) groups excluding carboxylic acids is 3. The van der Waals surface area contributed by atoms with Crippen molar-refractivity contribution in [3.05, 3.63) is 35.9 Å². The fourth-order valence-corrected chi connectivity index (χ4v) is 3.75. The lowest BCUT2D eigenvalue weighted by molar-refractivity contribution is -0.137. The van der Waals surface area contributed by atoms with Gasteiger partial charge in [0.2, 0.25) is 11.8 Å². The first-order chi connectivity index (χ1) is 13.1. The van der Waals surface area contributed by atoms with Gasteiger partial charge in [0.25, 0.3) is 0 Å². The van der Waals surface area contributed by atoms with Gasteiger partial charge in [-0.3, -0.25) is 9.59 Å². The zero-order chi connectivity index (χ0) is 19.2. The SMILES string of the molecule is CCOC(=O)/C=C/c1ccc(NC(=O)C2CC(=O)N(C3CCCC3)C2)cc1. The highest BCUT2D eigenvalue weighted by Gasteiger charge is 2.38. The summed E-state index contributed by atoms with van der Waals surface area (Å²) in [6, 6.07) is 7.52. The molecule has 1 saturated carbocycles. The summed E-state index contributed by atoms with van der Waals surface area (Å²) < 4.78 is 4.84. The number of hydrogen-bond donors (Lipinski definition) is 1. The summed E-state index contributed by atoms with van der Waals surface area (Å²) in [4.78, 5) is 38.0. The molecular weight excluding hydrogens is 344 g/mol. The first-order valence-corrected chi connectivity index (χ1v) is 9.62. The quantitative estimate of drug-likeness (QED) is 0.617. The van der Waals surface area contributed by atoms with Gasteiger partial charge in [0, 0.05) is 30.8 Å². The molecule has 1 saturated heterocycles. The van der Waals surface area contributed by atoms with Crippen LogP contribution in [0.5, 0.6) is 0 Å². The smallest absolute Gasteiger partial charge is 0.330 e. The fourth-order valence-electron chi connectivity index (χ4n) is 3.75. The summed E-state index contributed by atoms with van der Waals surface area (Å²) in [5.74, 6) is -0.686. The van der Waals surface area contributed by atoms with Gasteiger partial charge in [-0.25, -0.2) is 4.79 Å². The molecule has 6 heteroatoms. The van der Waals surface area contributed by atoms with Gasteiger partial charge in [-0.15, -0.1) is 0 Å². The molecule has 144 valence electrons. The molecule has 27 heavy (non-hydrogen) atoms. The van der Waals surface area contributed by atoms with E-state index in [-0.39, 0.29) is 23.7 Å². The molecular formula is C21H26N2O4. The highest BCUT2D eigenvalue weighted by atomic mass is 16.5. The molecule has 2 aliphatic rings. The molecule has 6 nitrogen and oxygen atoms in total. The largest absolute Gasteiger partial charge is 0.463 e. The molecule has 1 unspecified atom stereocenters. The average Bonchev–Trinajstić information content (AvgIpc) is 3.31. The number of rotatable bonds is 6. The number of benzene rings is 1. The maximum atomic E-state index is 12.5. The van der Waals surface area contributed by atoms with E-state index in [4.69, 9.17) is 4.74 Å². The van der Waals surface area contributed by atoms with Gasteiger partial charge in [-0.05, 0) is 43.5 Å². The van der Waals surface area contributed by atoms with E-state index in [1.807, 2.05) is 17.0 Å². The average molecular weight is 370 g/mol.